The van der Waals surface area contributed by atoms with Gasteiger partial charge in [0.25, 0.3) is 0 Å². The van der Waals surface area contributed by atoms with Gasteiger partial charge in [0.15, 0.2) is 0 Å². The van der Waals surface area contributed by atoms with Gasteiger partial charge in [-0.3, -0.25) is 0 Å². The van der Waals surface area contributed by atoms with Gasteiger partial charge in [0.05, 0.1) is 18.7 Å². The molecule has 2 aromatic rings. The normalized spacial score (nSPS) is 9.56. The van der Waals surface area contributed by atoms with Crippen LogP contribution in [0.5, 0.6) is 5.88 Å². The molecule has 0 aliphatic heterocycles. The number of anilines is 1. The fourth-order valence-corrected chi connectivity index (χ4v) is 1.53. The number of ether oxygens (including phenoxy) is 1. The van der Waals surface area contributed by atoms with E-state index in [2.05, 4.69) is 16.4 Å². The summed E-state index contributed by atoms with van der Waals surface area (Å²) in [5, 5.41) is 12.0. The lowest BCUT2D eigenvalue weighted by atomic mass is 10.1. The number of methoxy groups -OCH3 is 1. The van der Waals surface area contributed by atoms with Crippen LogP contribution in [0.15, 0.2) is 42.6 Å². The molecule has 0 saturated heterocycles. The van der Waals surface area contributed by atoms with E-state index in [9.17, 15) is 0 Å². The third-order valence-electron chi connectivity index (χ3n) is 2.52. The number of nitrogens with zero attached hydrogens (tertiary/aromatic N) is 2. The van der Waals surface area contributed by atoms with Crippen LogP contribution >= 0.6 is 0 Å². The first-order valence-electron chi connectivity index (χ1n) is 5.55. The molecule has 18 heavy (non-hydrogen) atoms. The monoisotopic (exact) mass is 239 g/mol. The highest BCUT2D eigenvalue weighted by atomic mass is 16.5. The Hall–Kier alpha value is -2.54. The van der Waals surface area contributed by atoms with Crippen LogP contribution in [0.25, 0.3) is 0 Å². The lowest BCUT2D eigenvalue weighted by Gasteiger charge is -2.07. The first-order chi connectivity index (χ1) is 8.81. The molecule has 90 valence electrons. The summed E-state index contributed by atoms with van der Waals surface area (Å²) in [5.74, 6) is 0.583. The first kappa shape index (κ1) is 11.9. The number of hydrogen-bond donors (Lipinski definition) is 1. The molecule has 1 heterocycles. The third-order valence-corrected chi connectivity index (χ3v) is 2.52. The minimum atomic E-state index is 0.583. The highest BCUT2D eigenvalue weighted by molar-refractivity contribution is 5.45. The van der Waals surface area contributed by atoms with Crippen molar-refractivity contribution in [1.29, 1.82) is 5.26 Å². The van der Waals surface area contributed by atoms with Crippen molar-refractivity contribution in [2.45, 2.75) is 6.54 Å². The molecule has 0 aliphatic carbocycles. The molecule has 4 nitrogen and oxygen atoms in total. The molecular formula is C14H13N3O. The number of hydrogen-bond acceptors (Lipinski definition) is 4. The molecule has 0 atom stereocenters. The molecule has 2 rings (SSSR count). The Labute approximate surface area is 106 Å². The van der Waals surface area contributed by atoms with E-state index in [0.29, 0.717) is 18.0 Å². The van der Waals surface area contributed by atoms with Crippen molar-refractivity contribution < 1.29 is 4.74 Å². The lowest BCUT2D eigenvalue weighted by Crippen LogP contribution is -2.00. The molecule has 0 radical (unpaired) electrons. The number of nitriles is 1. The Balaban J connectivity index is 2.00. The van der Waals surface area contributed by atoms with Gasteiger partial charge in [-0.1, -0.05) is 12.1 Å². The molecular weight excluding hydrogens is 226 g/mol. The van der Waals surface area contributed by atoms with Gasteiger partial charge in [0, 0.05) is 24.5 Å². The molecule has 1 aromatic carbocycles. The number of nitrogens with one attached hydrogen (secondary N) is 1. The number of aromatic nitrogens is 1. The third kappa shape index (κ3) is 2.98. The van der Waals surface area contributed by atoms with Gasteiger partial charge in [-0.2, -0.15) is 5.26 Å². The summed E-state index contributed by atoms with van der Waals surface area (Å²) < 4.78 is 5.05. The average Bonchev–Trinajstić information content (AvgIpc) is 2.46. The Morgan fingerprint density at radius 2 is 2.06 bits per heavy atom. The van der Waals surface area contributed by atoms with E-state index in [0.717, 1.165) is 11.3 Å². The second kappa shape index (κ2) is 5.69. The fourth-order valence-electron chi connectivity index (χ4n) is 1.53. The van der Waals surface area contributed by atoms with Crippen molar-refractivity contribution in [3.05, 3.63) is 53.7 Å². The van der Waals surface area contributed by atoms with Crippen LogP contribution in [0.3, 0.4) is 0 Å². The smallest absolute Gasteiger partial charge is 0.214 e. The number of pyridine rings is 1. The zero-order valence-electron chi connectivity index (χ0n) is 10.1. The highest BCUT2D eigenvalue weighted by Gasteiger charge is 1.97. The molecule has 0 saturated carbocycles. The van der Waals surface area contributed by atoms with Crippen molar-refractivity contribution in [2.75, 3.05) is 12.4 Å². The zero-order chi connectivity index (χ0) is 12.8. The molecule has 0 bridgehead atoms. The molecule has 1 aromatic heterocycles. The Morgan fingerprint density at radius 3 is 2.72 bits per heavy atom. The standard InChI is InChI=1S/C14H13N3O/c1-18-14-8-13(6-7-16-14)17-10-12-4-2-11(9-15)3-5-12/h2-8H,10H2,1H3,(H,16,17). The fraction of sp³-hybridized carbons (Fsp3) is 0.143. The minimum absolute atomic E-state index is 0.583. The molecule has 0 spiro atoms. The van der Waals surface area contributed by atoms with Gasteiger partial charge < -0.3 is 10.1 Å². The SMILES string of the molecule is COc1cc(NCc2ccc(C#N)cc2)ccn1. The van der Waals surface area contributed by atoms with E-state index in [1.165, 1.54) is 0 Å². The van der Waals surface area contributed by atoms with Crippen molar-refractivity contribution >= 4 is 5.69 Å². The van der Waals surface area contributed by atoms with Crippen LogP contribution < -0.4 is 10.1 Å². The Bertz CT molecular complexity index is 558. The van der Waals surface area contributed by atoms with Crippen molar-refractivity contribution in [3.63, 3.8) is 0 Å². The van der Waals surface area contributed by atoms with Gasteiger partial charge in [-0.25, -0.2) is 4.98 Å². The summed E-state index contributed by atoms with van der Waals surface area (Å²) in [6, 6.07) is 13.3. The lowest BCUT2D eigenvalue weighted by molar-refractivity contribution is 0.398. The average molecular weight is 239 g/mol. The van der Waals surface area contributed by atoms with Crippen LogP contribution in [-0.4, -0.2) is 12.1 Å². The predicted molar refractivity (Wildman–Crippen MR) is 69.3 cm³/mol. The summed E-state index contributed by atoms with van der Waals surface area (Å²) in [7, 11) is 1.59. The van der Waals surface area contributed by atoms with Gasteiger partial charge in [-0.05, 0) is 23.8 Å². The van der Waals surface area contributed by atoms with Crippen molar-refractivity contribution in [2.24, 2.45) is 0 Å². The maximum Gasteiger partial charge on any atom is 0.214 e. The summed E-state index contributed by atoms with van der Waals surface area (Å²) in [4.78, 5) is 4.04. The maximum absolute atomic E-state index is 8.71. The van der Waals surface area contributed by atoms with E-state index in [-0.39, 0.29) is 0 Å². The van der Waals surface area contributed by atoms with E-state index >= 15 is 0 Å². The minimum Gasteiger partial charge on any atom is -0.481 e. The van der Waals surface area contributed by atoms with Gasteiger partial charge in [0.2, 0.25) is 5.88 Å². The topological polar surface area (TPSA) is 57.9 Å². The predicted octanol–water partition coefficient (Wildman–Crippen LogP) is 2.57. The summed E-state index contributed by atoms with van der Waals surface area (Å²) in [6.07, 6.45) is 1.69. The van der Waals surface area contributed by atoms with Gasteiger partial charge >= 0.3 is 0 Å². The van der Waals surface area contributed by atoms with E-state index < -0.39 is 0 Å². The van der Waals surface area contributed by atoms with Gasteiger partial charge in [0.1, 0.15) is 0 Å². The Morgan fingerprint density at radius 1 is 1.28 bits per heavy atom. The van der Waals surface area contributed by atoms with Crippen LogP contribution in [0.2, 0.25) is 0 Å². The quantitative estimate of drug-likeness (QED) is 0.890. The molecule has 4 heteroatoms. The number of rotatable bonds is 4. The first-order valence-corrected chi connectivity index (χ1v) is 5.55. The van der Waals surface area contributed by atoms with E-state index in [1.807, 2.05) is 36.4 Å². The van der Waals surface area contributed by atoms with Crippen LogP contribution in [0.1, 0.15) is 11.1 Å². The second-order valence-corrected chi connectivity index (χ2v) is 3.75. The Kier molecular flexibility index (Phi) is 3.77. The van der Waals surface area contributed by atoms with Crippen LogP contribution in [0, 0.1) is 11.3 Å². The van der Waals surface area contributed by atoms with Crippen molar-refractivity contribution in [1.82, 2.24) is 4.98 Å². The van der Waals surface area contributed by atoms with E-state index in [1.54, 1.807) is 13.3 Å². The van der Waals surface area contributed by atoms with E-state index in [4.69, 9.17) is 10.00 Å². The number of benzene rings is 1. The van der Waals surface area contributed by atoms with Crippen LogP contribution in [-0.2, 0) is 6.54 Å². The summed E-state index contributed by atoms with van der Waals surface area (Å²) in [6.45, 7) is 0.693. The second-order valence-electron chi connectivity index (χ2n) is 3.75. The molecule has 0 unspecified atom stereocenters. The highest BCUT2D eigenvalue weighted by Crippen LogP contribution is 2.14. The summed E-state index contributed by atoms with van der Waals surface area (Å²) >= 11 is 0. The zero-order valence-corrected chi connectivity index (χ0v) is 10.1. The van der Waals surface area contributed by atoms with Crippen molar-refractivity contribution in [3.8, 4) is 11.9 Å². The molecule has 0 fully saturated rings. The largest absolute Gasteiger partial charge is 0.481 e. The maximum atomic E-state index is 8.71. The molecule has 0 aliphatic rings. The molecule has 1 N–H and O–H groups in total. The summed E-state index contributed by atoms with van der Waals surface area (Å²) in [5.41, 5.74) is 2.74. The van der Waals surface area contributed by atoms with Crippen LogP contribution in [0.4, 0.5) is 5.69 Å². The van der Waals surface area contributed by atoms with Gasteiger partial charge in [-0.15, -0.1) is 0 Å². The molecule has 0 amide bonds.